The number of esters is 1. The van der Waals surface area contributed by atoms with Crippen molar-refractivity contribution in [2.45, 2.75) is 4.90 Å². The molecule has 0 fully saturated rings. The highest BCUT2D eigenvalue weighted by Crippen LogP contribution is 2.24. The van der Waals surface area contributed by atoms with Crippen LogP contribution in [0.25, 0.3) is 0 Å². The van der Waals surface area contributed by atoms with Crippen LogP contribution in [-0.4, -0.2) is 52.7 Å². The molecular formula is C19H16N2O6S. The van der Waals surface area contributed by atoms with Crippen LogP contribution in [-0.2, 0) is 20.3 Å². The fourth-order valence-electron chi connectivity index (χ4n) is 2.63. The summed E-state index contributed by atoms with van der Waals surface area (Å²) in [6.07, 6.45) is 1.53. The van der Waals surface area contributed by atoms with Crippen LogP contribution >= 0.6 is 0 Å². The molecule has 2 aromatic rings. The molecule has 1 aliphatic heterocycles. The molecule has 1 aliphatic rings. The van der Waals surface area contributed by atoms with Crippen molar-refractivity contribution in [2.24, 2.45) is 0 Å². The van der Waals surface area contributed by atoms with E-state index in [1.807, 2.05) is 0 Å². The van der Waals surface area contributed by atoms with Gasteiger partial charge in [0.25, 0.3) is 17.7 Å². The van der Waals surface area contributed by atoms with Crippen LogP contribution < -0.4 is 5.32 Å². The van der Waals surface area contributed by atoms with E-state index in [9.17, 15) is 23.4 Å². The maximum atomic E-state index is 12.0. The quantitative estimate of drug-likeness (QED) is 0.601. The van der Waals surface area contributed by atoms with Crippen molar-refractivity contribution in [3.8, 4) is 0 Å². The number of benzene rings is 2. The average Bonchev–Trinajstić information content (AvgIpc) is 2.90. The minimum Gasteiger partial charge on any atom is -0.452 e. The zero-order valence-corrected chi connectivity index (χ0v) is 15.9. The second-order valence-electron chi connectivity index (χ2n) is 6.03. The highest BCUT2D eigenvalue weighted by Gasteiger charge is 2.32. The van der Waals surface area contributed by atoms with Gasteiger partial charge in [-0.05, 0) is 42.5 Å². The van der Waals surface area contributed by atoms with Gasteiger partial charge in [-0.15, -0.1) is 0 Å². The number of rotatable bonds is 5. The molecule has 8 nitrogen and oxygen atoms in total. The third kappa shape index (κ3) is 3.84. The van der Waals surface area contributed by atoms with Crippen LogP contribution in [0.1, 0.15) is 31.1 Å². The predicted molar refractivity (Wildman–Crippen MR) is 101 cm³/mol. The third-order valence-corrected chi connectivity index (χ3v) is 5.07. The summed E-state index contributed by atoms with van der Waals surface area (Å²) >= 11 is 0. The molecule has 3 amide bonds. The largest absolute Gasteiger partial charge is 0.452 e. The van der Waals surface area contributed by atoms with E-state index >= 15 is 0 Å². The van der Waals surface area contributed by atoms with Crippen LogP contribution in [0.4, 0.5) is 5.69 Å². The number of hydrogen-bond donors (Lipinski definition) is 1. The molecule has 0 aliphatic carbocycles. The zero-order valence-electron chi connectivity index (χ0n) is 15.1. The van der Waals surface area contributed by atoms with Crippen molar-refractivity contribution in [3.63, 3.8) is 0 Å². The van der Waals surface area contributed by atoms with Crippen molar-refractivity contribution in [2.75, 3.05) is 25.2 Å². The fourth-order valence-corrected chi connectivity index (χ4v) is 3.15. The summed E-state index contributed by atoms with van der Waals surface area (Å²) in [7, 11) is 0.226. The topological polar surface area (TPSA) is 110 Å². The van der Waals surface area contributed by atoms with E-state index in [4.69, 9.17) is 4.74 Å². The Bertz CT molecular complexity index is 1020. The van der Waals surface area contributed by atoms with Gasteiger partial charge in [0.15, 0.2) is 6.61 Å². The maximum absolute atomic E-state index is 12.0. The molecular weight excluding hydrogens is 384 g/mol. The van der Waals surface area contributed by atoms with Gasteiger partial charge in [0.2, 0.25) is 0 Å². The van der Waals surface area contributed by atoms with E-state index in [0.717, 1.165) is 4.90 Å². The smallest absolute Gasteiger partial charge is 0.338 e. The Morgan fingerprint density at radius 1 is 1.04 bits per heavy atom. The molecule has 3 rings (SSSR count). The lowest BCUT2D eigenvalue weighted by Gasteiger charge is -2.08. The Balaban J connectivity index is 1.59. The highest BCUT2D eigenvalue weighted by atomic mass is 32.2. The standard InChI is InChI=1S/C19H16N2O6S/c1-21-17(23)14-8-5-12(9-15(14)18(21)24)20-16(22)10-27-19(25)11-3-6-13(7-4-11)28(2)26/h3-9H,10H2,1-2H3,(H,20,22). The summed E-state index contributed by atoms with van der Waals surface area (Å²) in [4.78, 5) is 49.4. The van der Waals surface area contributed by atoms with E-state index < -0.39 is 41.1 Å². The number of anilines is 1. The van der Waals surface area contributed by atoms with Gasteiger partial charge in [-0.1, -0.05) is 0 Å². The molecule has 28 heavy (non-hydrogen) atoms. The molecule has 1 atom stereocenters. The number of fused-ring (bicyclic) bond motifs is 1. The second-order valence-corrected chi connectivity index (χ2v) is 7.41. The van der Waals surface area contributed by atoms with E-state index in [1.165, 1.54) is 43.6 Å². The van der Waals surface area contributed by atoms with E-state index in [-0.39, 0.29) is 16.7 Å². The lowest BCUT2D eigenvalue weighted by molar-refractivity contribution is -0.119. The summed E-state index contributed by atoms with van der Waals surface area (Å²) in [6.45, 7) is -0.524. The van der Waals surface area contributed by atoms with Crippen molar-refractivity contribution >= 4 is 40.2 Å². The molecule has 0 spiro atoms. The number of nitrogens with one attached hydrogen (secondary N) is 1. The molecule has 1 unspecified atom stereocenters. The Hall–Kier alpha value is -3.33. The van der Waals surface area contributed by atoms with E-state index in [1.54, 1.807) is 12.1 Å². The highest BCUT2D eigenvalue weighted by molar-refractivity contribution is 7.84. The molecule has 2 aromatic carbocycles. The van der Waals surface area contributed by atoms with E-state index in [2.05, 4.69) is 5.32 Å². The third-order valence-electron chi connectivity index (χ3n) is 4.13. The lowest BCUT2D eigenvalue weighted by Crippen LogP contribution is -2.24. The first-order chi connectivity index (χ1) is 13.3. The Labute approximate surface area is 162 Å². The summed E-state index contributed by atoms with van der Waals surface area (Å²) in [6, 6.07) is 10.4. The van der Waals surface area contributed by atoms with Crippen molar-refractivity contribution < 1.29 is 28.1 Å². The summed E-state index contributed by atoms with van der Waals surface area (Å²) < 4.78 is 16.3. The Kier molecular flexibility index (Phi) is 5.36. The number of nitrogens with zero attached hydrogens (tertiary/aromatic N) is 1. The lowest BCUT2D eigenvalue weighted by atomic mass is 10.1. The minimum atomic E-state index is -1.16. The van der Waals surface area contributed by atoms with Crippen molar-refractivity contribution in [1.82, 2.24) is 4.90 Å². The van der Waals surface area contributed by atoms with Crippen LogP contribution in [0, 0.1) is 0 Å². The first-order valence-corrected chi connectivity index (χ1v) is 9.70. The normalized spacial score (nSPS) is 13.9. The number of amides is 3. The molecule has 9 heteroatoms. The van der Waals surface area contributed by atoms with Crippen molar-refractivity contribution in [3.05, 3.63) is 59.2 Å². The zero-order chi connectivity index (χ0) is 20.4. The molecule has 0 aromatic heterocycles. The average molecular weight is 400 g/mol. The van der Waals surface area contributed by atoms with Crippen LogP contribution in [0.2, 0.25) is 0 Å². The van der Waals surface area contributed by atoms with Crippen molar-refractivity contribution in [1.29, 1.82) is 0 Å². The Morgan fingerprint density at radius 3 is 2.32 bits per heavy atom. The van der Waals surface area contributed by atoms with Gasteiger partial charge in [-0.3, -0.25) is 23.5 Å². The molecule has 1 N–H and O–H groups in total. The number of imide groups is 1. The number of hydrogen-bond acceptors (Lipinski definition) is 6. The number of carbonyl (C=O) groups excluding carboxylic acids is 4. The Morgan fingerprint density at radius 2 is 1.68 bits per heavy atom. The number of ether oxygens (including phenoxy) is 1. The second kappa shape index (κ2) is 7.73. The molecule has 0 bridgehead atoms. The first kappa shape index (κ1) is 19.4. The van der Waals surface area contributed by atoms with Gasteiger partial charge >= 0.3 is 5.97 Å². The molecule has 0 saturated heterocycles. The summed E-state index contributed by atoms with van der Waals surface area (Å²) in [5.74, 6) is -2.13. The van der Waals surface area contributed by atoms with Gasteiger partial charge in [0, 0.05) is 34.7 Å². The summed E-state index contributed by atoms with van der Waals surface area (Å²) in [5.41, 5.74) is 1.02. The summed E-state index contributed by atoms with van der Waals surface area (Å²) in [5, 5.41) is 2.51. The number of carbonyl (C=O) groups is 4. The molecule has 1 heterocycles. The first-order valence-electron chi connectivity index (χ1n) is 8.15. The van der Waals surface area contributed by atoms with Gasteiger partial charge in [0.05, 0.1) is 16.7 Å². The van der Waals surface area contributed by atoms with Crippen LogP contribution in [0.15, 0.2) is 47.4 Å². The van der Waals surface area contributed by atoms with Crippen LogP contribution in [0.3, 0.4) is 0 Å². The van der Waals surface area contributed by atoms with Gasteiger partial charge in [-0.2, -0.15) is 0 Å². The SMILES string of the molecule is CN1C(=O)c2ccc(NC(=O)COC(=O)c3ccc(S(C)=O)cc3)cc2C1=O. The van der Waals surface area contributed by atoms with Crippen LogP contribution in [0.5, 0.6) is 0 Å². The molecule has 0 radical (unpaired) electrons. The predicted octanol–water partition coefficient (Wildman–Crippen LogP) is 1.45. The van der Waals surface area contributed by atoms with E-state index in [0.29, 0.717) is 10.6 Å². The van der Waals surface area contributed by atoms with Gasteiger partial charge in [0.1, 0.15) is 0 Å². The fraction of sp³-hybridized carbons (Fsp3) is 0.158. The molecule has 144 valence electrons. The van der Waals surface area contributed by atoms with Gasteiger partial charge in [-0.25, -0.2) is 4.79 Å². The maximum Gasteiger partial charge on any atom is 0.338 e. The minimum absolute atomic E-state index is 0.204. The molecule has 0 saturated carbocycles. The van der Waals surface area contributed by atoms with Gasteiger partial charge < -0.3 is 10.1 Å². The monoisotopic (exact) mass is 400 g/mol.